The van der Waals surface area contributed by atoms with E-state index in [4.69, 9.17) is 9.97 Å². The lowest BCUT2D eigenvalue weighted by Gasteiger charge is -2.39. The molecule has 8 nitrogen and oxygen atoms in total. The molecule has 8 aliphatic heterocycles. The lowest BCUT2D eigenvalue weighted by Crippen LogP contribution is -2.25. The molecule has 656 valence electrons. The topological polar surface area (TPSA) is 64.5 Å². The lowest BCUT2D eigenvalue weighted by molar-refractivity contribution is 0.970. The molecule has 4 aromatic heterocycles. The third-order valence-electron chi connectivity index (χ3n) is 34.1. The highest BCUT2D eigenvalue weighted by Crippen LogP contribution is 2.61. The molecule has 20 aromatic rings. The van der Waals surface area contributed by atoms with Gasteiger partial charge in [-0.3, -0.25) is 19.9 Å². The molecule has 0 N–H and O–H groups in total. The van der Waals surface area contributed by atoms with Gasteiger partial charge in [-0.15, -0.1) is 0 Å². The van der Waals surface area contributed by atoms with Crippen LogP contribution in [0, 0.1) is 0 Å². The maximum Gasteiger partial charge on any atom is 0.141 e. The van der Waals surface area contributed by atoms with Crippen molar-refractivity contribution in [1.82, 2.24) is 19.9 Å². The summed E-state index contributed by atoms with van der Waals surface area (Å²) < 4.78 is 0. The molecule has 0 amide bonds. The van der Waals surface area contributed by atoms with Crippen molar-refractivity contribution >= 4 is 68.4 Å². The largest absolute Gasteiger partial charge is 0.309 e. The predicted octanol–water partition coefficient (Wildman–Crippen LogP) is 30.0. The molecule has 0 spiro atoms. The summed E-state index contributed by atoms with van der Waals surface area (Å²) in [5.74, 6) is 1.09. The molecule has 16 aliphatic rings. The van der Waals surface area contributed by atoms with E-state index in [2.05, 4.69) is 339 Å². The Morgan fingerprint density at radius 3 is 0.864 bits per heavy atom. The van der Waals surface area contributed by atoms with Gasteiger partial charge in [0.15, 0.2) is 0 Å². The summed E-state index contributed by atoms with van der Waals surface area (Å²) >= 11 is 0. The summed E-state index contributed by atoms with van der Waals surface area (Å²) in [7, 11) is 0. The van der Waals surface area contributed by atoms with Crippen LogP contribution in [0.1, 0.15) is 178 Å². The predicted molar refractivity (Wildman–Crippen MR) is 564 cm³/mol. The van der Waals surface area contributed by atoms with Gasteiger partial charge >= 0.3 is 0 Å². The molecular weight excluding hydrogens is 1700 g/mol. The second-order valence-electron chi connectivity index (χ2n) is 41.7. The number of hydrogen-bond acceptors (Lipinski definition) is 8. The fourth-order valence-electron chi connectivity index (χ4n) is 28.1. The second-order valence-corrected chi connectivity index (χ2v) is 41.7. The first kappa shape index (κ1) is 76.5. The minimum Gasteiger partial charge on any atom is -0.309 e. The maximum atomic E-state index is 4.88. The molecule has 8 aliphatic carbocycles. The van der Waals surface area contributed by atoms with Crippen molar-refractivity contribution in [1.29, 1.82) is 0 Å². The summed E-state index contributed by atoms with van der Waals surface area (Å²) in [5, 5.41) is 0. The van der Waals surface area contributed by atoms with Crippen LogP contribution in [0.4, 0.5) is 68.4 Å². The third-order valence-corrected chi connectivity index (χ3v) is 34.1. The molecule has 0 saturated carbocycles. The Hall–Kier alpha value is -16.7. The van der Waals surface area contributed by atoms with Crippen molar-refractivity contribution in [2.24, 2.45) is 0 Å². The Balaban J connectivity index is 0.0000000829. The summed E-state index contributed by atoms with van der Waals surface area (Å²) in [6, 6.07) is 116. The maximum absolute atomic E-state index is 4.88. The molecule has 12 heterocycles. The second kappa shape index (κ2) is 28.5. The van der Waals surface area contributed by atoms with Crippen molar-refractivity contribution in [3.05, 3.63) is 519 Å². The van der Waals surface area contributed by atoms with Crippen LogP contribution in [0.2, 0.25) is 0 Å². The molecule has 16 aromatic carbocycles. The third kappa shape index (κ3) is 11.0. The van der Waals surface area contributed by atoms with Gasteiger partial charge in [-0.05, 0) is 404 Å². The molecule has 0 fully saturated rings. The van der Waals surface area contributed by atoms with Gasteiger partial charge in [0.2, 0.25) is 0 Å². The first-order valence-electron chi connectivity index (χ1n) is 50.2. The summed E-state index contributed by atoms with van der Waals surface area (Å²) in [5.41, 5.74) is 82.9. The van der Waals surface area contributed by atoms with E-state index < -0.39 is 0 Å². The number of para-hydroxylation sites is 4. The van der Waals surface area contributed by atoms with Crippen molar-refractivity contribution in [2.45, 2.75) is 103 Å². The van der Waals surface area contributed by atoms with E-state index in [9.17, 15) is 0 Å². The fraction of sp³-hybridized carbons (Fsp3) is 0.121. The lowest BCUT2D eigenvalue weighted by atomic mass is 9.85. The smallest absolute Gasteiger partial charge is 0.141 e. The molecule has 0 atom stereocenters. The van der Waals surface area contributed by atoms with E-state index >= 15 is 0 Å². The number of fused-ring (bicyclic) bond motifs is 40. The van der Waals surface area contributed by atoms with Crippen molar-refractivity contribution in [2.75, 3.05) is 19.6 Å². The van der Waals surface area contributed by atoms with Gasteiger partial charge in [-0.1, -0.05) is 212 Å². The highest BCUT2D eigenvalue weighted by Gasteiger charge is 2.42. The van der Waals surface area contributed by atoms with Crippen LogP contribution < -0.4 is 19.6 Å². The van der Waals surface area contributed by atoms with Crippen LogP contribution in [-0.4, -0.2) is 19.9 Å². The van der Waals surface area contributed by atoms with E-state index in [1.54, 1.807) is 0 Å². The number of aromatic nitrogens is 4. The van der Waals surface area contributed by atoms with E-state index in [1.807, 2.05) is 31.0 Å². The number of rotatable bonds is 0. The van der Waals surface area contributed by atoms with Gasteiger partial charge in [0.25, 0.3) is 0 Å². The zero-order valence-electron chi connectivity index (χ0n) is 77.2. The quantitative estimate of drug-likeness (QED) is 0.149. The number of nitrogens with zero attached hydrogens (tertiary/aromatic N) is 8. The molecule has 0 unspecified atom stereocenters. The zero-order chi connectivity index (χ0) is 90.7. The van der Waals surface area contributed by atoms with Crippen LogP contribution in [0.5, 0.6) is 0 Å². The molecule has 0 radical (unpaired) electrons. The molecule has 0 saturated heterocycles. The van der Waals surface area contributed by atoms with E-state index in [-0.39, 0.29) is 0 Å². The average Bonchev–Trinajstić information content (AvgIpc) is 1.38. The van der Waals surface area contributed by atoms with Crippen LogP contribution in [-0.2, 0) is 103 Å². The van der Waals surface area contributed by atoms with Gasteiger partial charge < -0.3 is 14.7 Å². The van der Waals surface area contributed by atoms with Gasteiger partial charge in [-0.2, -0.15) is 0 Å². The number of hydrogen-bond donors (Lipinski definition) is 0. The summed E-state index contributed by atoms with van der Waals surface area (Å²) in [6.45, 7) is 0. The molecule has 36 rings (SSSR count). The number of pyridine rings is 4. The Morgan fingerprint density at radius 2 is 0.421 bits per heavy atom. The van der Waals surface area contributed by atoms with Crippen molar-refractivity contribution in [3.63, 3.8) is 0 Å². The fourth-order valence-corrected chi connectivity index (χ4v) is 28.1. The zero-order valence-corrected chi connectivity index (χ0v) is 77.2. The van der Waals surface area contributed by atoms with Crippen LogP contribution in [0.3, 0.4) is 0 Å². The highest BCUT2D eigenvalue weighted by atomic mass is 15.2. The van der Waals surface area contributed by atoms with Crippen molar-refractivity contribution in [3.8, 4) is 89.0 Å². The SMILES string of the molecule is c1ccc2c(c1)Cc1cc3c(cc1-2)-c1cc2c(cc1C3)Cc1cccc3c1N2c1cccnc1C3.c1ccc2c(c1)Cc1cc3c(cc1-2)-c1cc2c(cc1C3)Cc1cccc3c1N2c1ccncc1C3.c1ccc2c(c1)Cc1cc3c(cc1-2)Cc1cc2c(cc1-3)N1c3cnccc3Cc3cccc(c31)C2.c1ccc2c(c1)Cc1cc3c(cc1-2)Cc1cc2c(cc1-3)N1c3ncccc3Cc3cccc(c31)C2. The average molecular weight is 1790 g/mol. The highest BCUT2D eigenvalue weighted by molar-refractivity contribution is 6.01. The Morgan fingerprint density at radius 1 is 0.143 bits per heavy atom. The summed E-state index contributed by atoms with van der Waals surface area (Å²) in [4.78, 5) is 28.6. The van der Waals surface area contributed by atoms with E-state index in [0.29, 0.717) is 0 Å². The minimum atomic E-state index is 0.907. The Kier molecular flexibility index (Phi) is 15.6. The first-order valence-corrected chi connectivity index (χ1v) is 50.2. The standard InChI is InChI=1S/4C33H22N2/c1-2-9-27-19(5-1)11-24-17-29-25(16-28(24)27)14-23-15-26-13-21-7-3-6-20-12-22-8-4-10-34-33(22)35(32(20)21)31(26)18-30(23)29;1-2-8-26-19(5-1)11-22-13-23-14-24-15-25-12-20-6-3-7-21-16-30-31(9-4-10-34-30)35(33(20)21)32(25)18-29(24)28(23)17-27(22)26;1-2-7-27-19(4-1)10-24-16-29-25(15-28(24)27)13-23-14-26-12-22-6-3-5-21-11-20-8-9-34-18-32(20)35(33(21)22)31(26)17-30(23)29;1-2-7-27-19(4-1)10-22-13-23-14-24-15-25-11-20-5-3-6-21-12-26-18-34-9-8-31(26)35(33(20)21)32(25)17-30(24)29(23)16-28(22)27/h1-10,15-18H,11-14H2;1-10,13,15,17-18H,11-12,14,16H2;1-9,14-18H,10-13H2;1-9,13,15-18H,10-12,14H2. The summed E-state index contributed by atoms with van der Waals surface area (Å²) in [6.07, 6.45) is 27.9. The van der Waals surface area contributed by atoms with E-state index in [0.717, 1.165) is 109 Å². The van der Waals surface area contributed by atoms with E-state index in [1.165, 1.54) is 330 Å². The Bertz CT molecular complexity index is 8610. The molecule has 140 heavy (non-hydrogen) atoms. The van der Waals surface area contributed by atoms with Crippen LogP contribution in [0.15, 0.2) is 340 Å². The van der Waals surface area contributed by atoms with Gasteiger partial charge in [0, 0.05) is 82.4 Å². The van der Waals surface area contributed by atoms with Gasteiger partial charge in [0.05, 0.1) is 74.5 Å². The molecular formula is C132H88N8. The Labute approximate surface area is 812 Å². The van der Waals surface area contributed by atoms with Crippen LogP contribution >= 0.6 is 0 Å². The molecule has 0 bridgehead atoms. The number of anilines is 12. The number of benzene rings is 16. The monoisotopic (exact) mass is 1780 g/mol. The normalized spacial score (nSPS) is 14.9. The minimum absolute atomic E-state index is 0.907. The van der Waals surface area contributed by atoms with Gasteiger partial charge in [-0.25, -0.2) is 4.98 Å². The van der Waals surface area contributed by atoms with Gasteiger partial charge in [0.1, 0.15) is 5.82 Å². The van der Waals surface area contributed by atoms with Crippen LogP contribution in [0.25, 0.3) is 89.0 Å². The first-order chi connectivity index (χ1) is 69.3. The van der Waals surface area contributed by atoms with Crippen molar-refractivity contribution < 1.29 is 0 Å². The molecule has 8 heteroatoms.